The first-order valence-electron chi connectivity index (χ1n) is 8.61. The average Bonchev–Trinajstić information content (AvgIpc) is 2.91. The number of carbonyl (C=O) groups is 2. The Morgan fingerprint density at radius 2 is 1.92 bits per heavy atom. The molecule has 2 amide bonds. The molecule has 2 saturated heterocycles. The number of hydrogen-bond acceptors (Lipinski definition) is 4. The van der Waals surface area contributed by atoms with Crippen LogP contribution in [-0.4, -0.2) is 59.4 Å². The van der Waals surface area contributed by atoms with E-state index in [0.717, 1.165) is 5.56 Å². The van der Waals surface area contributed by atoms with E-state index in [1.165, 1.54) is 0 Å². The second-order valence-corrected chi connectivity index (χ2v) is 6.73. The lowest BCUT2D eigenvalue weighted by Crippen LogP contribution is -2.49. The number of piperidine rings is 1. The summed E-state index contributed by atoms with van der Waals surface area (Å²) >= 11 is 0. The van der Waals surface area contributed by atoms with Gasteiger partial charge in [-0.25, -0.2) is 4.79 Å². The van der Waals surface area contributed by atoms with Crippen molar-refractivity contribution in [3.8, 4) is 0 Å². The monoisotopic (exact) mass is 344 g/mol. The standard InChI is InChI=1S/C18H24N4O3/c1-2-21-12-18(25-17(21)24)7-9-22(10-8-18)15(23)11-13-3-5-14(6-4-13)16(19)20/h3-6H,2,7-12H2,1H3,(H3,19,20). The van der Waals surface area contributed by atoms with E-state index in [4.69, 9.17) is 15.9 Å². The largest absolute Gasteiger partial charge is 0.441 e. The van der Waals surface area contributed by atoms with Gasteiger partial charge in [0.15, 0.2) is 0 Å². The lowest BCUT2D eigenvalue weighted by Gasteiger charge is -2.37. The van der Waals surface area contributed by atoms with Crippen LogP contribution >= 0.6 is 0 Å². The molecule has 1 aromatic rings. The third-order valence-electron chi connectivity index (χ3n) is 5.07. The number of hydrogen-bond donors (Lipinski definition) is 2. The van der Waals surface area contributed by atoms with Gasteiger partial charge in [0.05, 0.1) is 13.0 Å². The van der Waals surface area contributed by atoms with Gasteiger partial charge in [0.2, 0.25) is 5.91 Å². The van der Waals surface area contributed by atoms with Crippen molar-refractivity contribution in [2.45, 2.75) is 31.8 Å². The molecule has 2 aliphatic rings. The first kappa shape index (κ1) is 17.3. The van der Waals surface area contributed by atoms with E-state index in [0.29, 0.717) is 51.0 Å². The second kappa shape index (κ2) is 6.74. The van der Waals surface area contributed by atoms with E-state index in [1.54, 1.807) is 17.0 Å². The van der Waals surface area contributed by atoms with Crippen LogP contribution in [0, 0.1) is 5.41 Å². The van der Waals surface area contributed by atoms with E-state index < -0.39 is 5.60 Å². The molecule has 2 aliphatic heterocycles. The molecule has 3 N–H and O–H groups in total. The van der Waals surface area contributed by atoms with Crippen LogP contribution in [-0.2, 0) is 16.0 Å². The van der Waals surface area contributed by atoms with Gasteiger partial charge < -0.3 is 20.3 Å². The maximum Gasteiger partial charge on any atom is 0.410 e. The SMILES string of the molecule is CCN1CC2(CCN(C(=O)Cc3ccc(C(=N)N)cc3)CC2)OC1=O. The zero-order valence-corrected chi connectivity index (χ0v) is 14.5. The van der Waals surface area contributed by atoms with Gasteiger partial charge in [-0.2, -0.15) is 0 Å². The minimum absolute atomic E-state index is 0.0199. The Balaban J connectivity index is 1.55. The minimum Gasteiger partial charge on any atom is -0.441 e. The Morgan fingerprint density at radius 3 is 2.44 bits per heavy atom. The number of nitrogens with zero attached hydrogens (tertiary/aromatic N) is 2. The molecule has 3 rings (SSSR count). The first-order valence-corrected chi connectivity index (χ1v) is 8.61. The number of ether oxygens (including phenoxy) is 1. The highest BCUT2D eigenvalue weighted by Crippen LogP contribution is 2.33. The molecule has 25 heavy (non-hydrogen) atoms. The summed E-state index contributed by atoms with van der Waals surface area (Å²) in [6.45, 7) is 4.43. The predicted molar refractivity (Wildman–Crippen MR) is 93.4 cm³/mol. The molecule has 2 fully saturated rings. The number of likely N-dealkylation sites (tertiary alicyclic amines) is 1. The van der Waals surface area contributed by atoms with Gasteiger partial charge >= 0.3 is 6.09 Å². The Kier molecular flexibility index (Phi) is 4.65. The third-order valence-corrected chi connectivity index (χ3v) is 5.07. The summed E-state index contributed by atoms with van der Waals surface area (Å²) in [5.74, 6) is 0.0912. The number of benzene rings is 1. The maximum absolute atomic E-state index is 12.5. The highest BCUT2D eigenvalue weighted by atomic mass is 16.6. The van der Waals surface area contributed by atoms with Crippen molar-refractivity contribution in [1.82, 2.24) is 9.80 Å². The van der Waals surface area contributed by atoms with Gasteiger partial charge in [-0.15, -0.1) is 0 Å². The van der Waals surface area contributed by atoms with Crippen molar-refractivity contribution in [3.05, 3.63) is 35.4 Å². The van der Waals surface area contributed by atoms with Crippen molar-refractivity contribution in [3.63, 3.8) is 0 Å². The van der Waals surface area contributed by atoms with E-state index in [1.807, 2.05) is 24.0 Å². The average molecular weight is 344 g/mol. The quantitative estimate of drug-likeness (QED) is 0.636. The number of carbonyl (C=O) groups excluding carboxylic acids is 2. The summed E-state index contributed by atoms with van der Waals surface area (Å²) < 4.78 is 5.59. The van der Waals surface area contributed by atoms with Crippen LogP contribution in [0.4, 0.5) is 4.79 Å². The van der Waals surface area contributed by atoms with Gasteiger partial charge in [-0.1, -0.05) is 24.3 Å². The normalized spacial score (nSPS) is 19.2. The number of amides is 2. The van der Waals surface area contributed by atoms with E-state index in [9.17, 15) is 9.59 Å². The Morgan fingerprint density at radius 1 is 1.28 bits per heavy atom. The van der Waals surface area contributed by atoms with Crippen molar-refractivity contribution in [2.24, 2.45) is 5.73 Å². The fourth-order valence-electron chi connectivity index (χ4n) is 3.45. The molecule has 0 saturated carbocycles. The van der Waals surface area contributed by atoms with Crippen LogP contribution in [0.15, 0.2) is 24.3 Å². The van der Waals surface area contributed by atoms with Crippen LogP contribution in [0.5, 0.6) is 0 Å². The number of amidine groups is 1. The zero-order valence-electron chi connectivity index (χ0n) is 14.5. The number of nitrogen functional groups attached to an aromatic ring is 1. The maximum atomic E-state index is 12.5. The van der Waals surface area contributed by atoms with Crippen LogP contribution in [0.3, 0.4) is 0 Å². The molecular formula is C18H24N4O3. The predicted octanol–water partition coefficient (Wildman–Crippen LogP) is 1.35. The number of nitrogens with one attached hydrogen (secondary N) is 1. The van der Waals surface area contributed by atoms with Gasteiger partial charge in [-0.3, -0.25) is 10.2 Å². The zero-order chi connectivity index (χ0) is 18.0. The van der Waals surface area contributed by atoms with Gasteiger partial charge in [0, 0.05) is 38.0 Å². The van der Waals surface area contributed by atoms with E-state index in [2.05, 4.69) is 0 Å². The van der Waals surface area contributed by atoms with Gasteiger partial charge in [-0.05, 0) is 12.5 Å². The summed E-state index contributed by atoms with van der Waals surface area (Å²) in [7, 11) is 0. The molecule has 0 aliphatic carbocycles. The van der Waals surface area contributed by atoms with Gasteiger partial charge in [0.25, 0.3) is 0 Å². The van der Waals surface area contributed by atoms with Crippen molar-refractivity contribution < 1.29 is 14.3 Å². The molecule has 0 atom stereocenters. The topological polar surface area (TPSA) is 99.7 Å². The molecule has 134 valence electrons. The fourth-order valence-corrected chi connectivity index (χ4v) is 3.45. The molecule has 1 spiro atoms. The highest BCUT2D eigenvalue weighted by Gasteiger charge is 2.46. The van der Waals surface area contributed by atoms with Gasteiger partial charge in [0.1, 0.15) is 11.4 Å². The molecule has 7 heteroatoms. The highest BCUT2D eigenvalue weighted by molar-refractivity contribution is 5.95. The summed E-state index contributed by atoms with van der Waals surface area (Å²) in [6, 6.07) is 7.18. The first-order chi connectivity index (χ1) is 11.9. The smallest absolute Gasteiger partial charge is 0.410 e. The lowest BCUT2D eigenvalue weighted by atomic mass is 9.91. The molecule has 0 bridgehead atoms. The number of likely N-dealkylation sites (N-methyl/N-ethyl adjacent to an activating group) is 1. The lowest BCUT2D eigenvalue weighted by molar-refractivity contribution is -0.133. The summed E-state index contributed by atoms with van der Waals surface area (Å²) in [5, 5.41) is 7.39. The second-order valence-electron chi connectivity index (χ2n) is 6.73. The van der Waals surface area contributed by atoms with Crippen molar-refractivity contribution in [1.29, 1.82) is 5.41 Å². The summed E-state index contributed by atoms with van der Waals surface area (Å²) in [5.41, 5.74) is 6.57. The molecular weight excluding hydrogens is 320 g/mol. The molecule has 7 nitrogen and oxygen atoms in total. The molecule has 1 aromatic carbocycles. The van der Waals surface area contributed by atoms with E-state index >= 15 is 0 Å². The number of rotatable bonds is 4. The Labute approximate surface area is 147 Å². The van der Waals surface area contributed by atoms with Crippen molar-refractivity contribution in [2.75, 3.05) is 26.2 Å². The molecule has 0 unspecified atom stereocenters. The van der Waals surface area contributed by atoms with Crippen LogP contribution < -0.4 is 5.73 Å². The summed E-state index contributed by atoms with van der Waals surface area (Å²) in [4.78, 5) is 27.9. The third kappa shape index (κ3) is 3.60. The fraction of sp³-hybridized carbons (Fsp3) is 0.500. The number of nitrogens with two attached hydrogens (primary N) is 1. The molecule has 0 aromatic heterocycles. The van der Waals surface area contributed by atoms with E-state index in [-0.39, 0.29) is 17.8 Å². The summed E-state index contributed by atoms with van der Waals surface area (Å²) in [6.07, 6.45) is 1.45. The van der Waals surface area contributed by atoms with Crippen LogP contribution in [0.1, 0.15) is 30.9 Å². The van der Waals surface area contributed by atoms with Crippen LogP contribution in [0.2, 0.25) is 0 Å². The van der Waals surface area contributed by atoms with Crippen molar-refractivity contribution >= 4 is 17.8 Å². The van der Waals surface area contributed by atoms with Crippen LogP contribution in [0.25, 0.3) is 0 Å². The minimum atomic E-state index is -0.424. The Bertz CT molecular complexity index is 678. The Hall–Kier alpha value is -2.57. The molecule has 0 radical (unpaired) electrons. The molecule has 2 heterocycles.